The molecule has 0 aliphatic carbocycles. The largest absolute Gasteiger partial charge is 0.493 e. The monoisotopic (exact) mass is 436 g/mol. The highest BCUT2D eigenvalue weighted by atomic mass is 32.1. The molecule has 2 amide bonds. The highest BCUT2D eigenvalue weighted by Crippen LogP contribution is 2.43. The first-order valence-corrected chi connectivity index (χ1v) is 11.3. The lowest BCUT2D eigenvalue weighted by atomic mass is 9.92. The first-order valence-electron chi connectivity index (χ1n) is 10.5. The van der Waals surface area contributed by atoms with E-state index in [0.717, 1.165) is 18.4 Å². The minimum absolute atomic E-state index is 0.0888. The van der Waals surface area contributed by atoms with E-state index in [-0.39, 0.29) is 12.1 Å². The fourth-order valence-corrected chi connectivity index (χ4v) is 5.85. The van der Waals surface area contributed by atoms with Crippen molar-refractivity contribution in [2.75, 3.05) is 26.1 Å². The number of carbonyl (C=O) groups excluding carboxylic acids is 1. The number of amides is 2. The van der Waals surface area contributed by atoms with Gasteiger partial charge in [0.2, 0.25) is 0 Å². The number of benzene rings is 2. The molecule has 6 heteroatoms. The van der Waals surface area contributed by atoms with Gasteiger partial charge < -0.3 is 19.7 Å². The average Bonchev–Trinajstić information content (AvgIpc) is 3.13. The molecule has 4 rings (SSSR count). The molecule has 0 unspecified atom stereocenters. The molecular formula is C25H28N2O3S. The number of nitrogens with one attached hydrogen (secondary N) is 1. The second-order valence-corrected chi connectivity index (χ2v) is 8.85. The zero-order valence-electron chi connectivity index (χ0n) is 18.4. The Bertz CT molecular complexity index is 1080. The van der Waals surface area contributed by atoms with Gasteiger partial charge in [0.1, 0.15) is 0 Å². The number of urea groups is 1. The quantitative estimate of drug-likeness (QED) is 0.549. The molecule has 31 heavy (non-hydrogen) atoms. The van der Waals surface area contributed by atoms with Crippen LogP contribution in [0.15, 0.2) is 48.5 Å². The Kier molecular flexibility index (Phi) is 6.18. The average molecular weight is 437 g/mol. The Hall–Kier alpha value is -2.99. The second kappa shape index (κ2) is 9.02. The Labute approximate surface area is 187 Å². The van der Waals surface area contributed by atoms with Crippen LogP contribution in [0, 0.1) is 6.92 Å². The Morgan fingerprint density at radius 1 is 1.13 bits per heavy atom. The minimum Gasteiger partial charge on any atom is -0.493 e. The molecule has 1 atom stereocenters. The number of anilines is 1. The smallest absolute Gasteiger partial charge is 0.322 e. The number of thiophene rings is 1. The van der Waals surface area contributed by atoms with Gasteiger partial charge in [0.15, 0.2) is 11.5 Å². The van der Waals surface area contributed by atoms with Crippen LogP contribution in [0.1, 0.15) is 39.4 Å². The highest BCUT2D eigenvalue weighted by Gasteiger charge is 2.35. The fraction of sp³-hybridized carbons (Fsp3) is 0.320. The third-order valence-electron chi connectivity index (χ3n) is 5.88. The summed E-state index contributed by atoms with van der Waals surface area (Å²) in [7, 11) is 3.19. The standard InChI is InChI=1S/C25H28N2O3S/c1-5-19-16(2)31-24-20(19)13-14-27(23(24)17-9-7-6-8-10-17)25(28)26-18-11-12-21(29-3)22(15-18)30-4/h6-12,15,23H,5,13-14H2,1-4H3,(H,26,28)/t23-/m1/s1. The Morgan fingerprint density at radius 2 is 1.87 bits per heavy atom. The number of ether oxygens (including phenoxy) is 2. The number of fused-ring (bicyclic) bond motifs is 1. The highest BCUT2D eigenvalue weighted by molar-refractivity contribution is 7.12. The lowest BCUT2D eigenvalue weighted by Crippen LogP contribution is -2.42. The lowest BCUT2D eigenvalue weighted by Gasteiger charge is -2.36. The van der Waals surface area contributed by atoms with Gasteiger partial charge in [0.25, 0.3) is 0 Å². The molecule has 0 bridgehead atoms. The van der Waals surface area contributed by atoms with Crippen molar-refractivity contribution in [2.24, 2.45) is 0 Å². The van der Waals surface area contributed by atoms with Crippen LogP contribution in [-0.2, 0) is 12.8 Å². The van der Waals surface area contributed by atoms with Gasteiger partial charge in [-0.3, -0.25) is 0 Å². The summed E-state index contributed by atoms with van der Waals surface area (Å²) in [6.45, 7) is 5.08. The van der Waals surface area contributed by atoms with E-state index in [0.29, 0.717) is 23.7 Å². The number of hydrogen-bond donors (Lipinski definition) is 1. The summed E-state index contributed by atoms with van der Waals surface area (Å²) in [6.07, 6.45) is 1.91. The lowest BCUT2D eigenvalue weighted by molar-refractivity contribution is 0.195. The molecule has 3 aromatic rings. The zero-order chi connectivity index (χ0) is 22.0. The maximum atomic E-state index is 13.4. The van der Waals surface area contributed by atoms with E-state index in [9.17, 15) is 4.79 Å². The van der Waals surface area contributed by atoms with E-state index in [1.165, 1.54) is 20.9 Å². The first-order chi connectivity index (χ1) is 15.1. The van der Waals surface area contributed by atoms with Gasteiger partial charge in [-0.1, -0.05) is 37.3 Å². The van der Waals surface area contributed by atoms with Crippen molar-refractivity contribution in [3.63, 3.8) is 0 Å². The Morgan fingerprint density at radius 3 is 2.55 bits per heavy atom. The van der Waals surface area contributed by atoms with Crippen molar-refractivity contribution >= 4 is 23.1 Å². The second-order valence-electron chi connectivity index (χ2n) is 7.59. The summed E-state index contributed by atoms with van der Waals surface area (Å²) in [4.78, 5) is 18.0. The molecule has 162 valence electrons. The van der Waals surface area contributed by atoms with Gasteiger partial charge in [-0.2, -0.15) is 0 Å². The number of aryl methyl sites for hydroxylation is 1. The molecule has 1 aromatic heterocycles. The van der Waals surface area contributed by atoms with Crippen LogP contribution < -0.4 is 14.8 Å². The predicted molar refractivity (Wildman–Crippen MR) is 126 cm³/mol. The van der Waals surface area contributed by atoms with E-state index in [1.54, 1.807) is 26.4 Å². The summed E-state index contributed by atoms with van der Waals surface area (Å²) < 4.78 is 10.7. The zero-order valence-corrected chi connectivity index (χ0v) is 19.2. The third-order valence-corrected chi connectivity index (χ3v) is 7.12. The summed E-state index contributed by atoms with van der Waals surface area (Å²) in [5.74, 6) is 1.22. The van der Waals surface area contributed by atoms with Crippen LogP contribution in [0.4, 0.5) is 10.5 Å². The Balaban J connectivity index is 1.69. The molecule has 0 fully saturated rings. The number of rotatable bonds is 5. The van der Waals surface area contributed by atoms with Crippen molar-refractivity contribution < 1.29 is 14.3 Å². The number of hydrogen-bond acceptors (Lipinski definition) is 4. The molecule has 5 nitrogen and oxygen atoms in total. The van der Waals surface area contributed by atoms with E-state index in [2.05, 4.69) is 31.3 Å². The van der Waals surface area contributed by atoms with Crippen molar-refractivity contribution in [3.8, 4) is 11.5 Å². The van der Waals surface area contributed by atoms with Gasteiger partial charge in [0.05, 0.1) is 20.3 Å². The van der Waals surface area contributed by atoms with Crippen LogP contribution in [0.25, 0.3) is 0 Å². The molecule has 1 aliphatic heterocycles. The van der Waals surface area contributed by atoms with Gasteiger partial charge in [0, 0.05) is 28.1 Å². The molecule has 0 saturated heterocycles. The number of methoxy groups -OCH3 is 2. The molecule has 1 aliphatic rings. The molecule has 2 aromatic carbocycles. The third kappa shape index (κ3) is 4.00. The first kappa shape index (κ1) is 21.2. The van der Waals surface area contributed by atoms with Gasteiger partial charge in [-0.15, -0.1) is 11.3 Å². The van der Waals surface area contributed by atoms with Crippen LogP contribution in [0.5, 0.6) is 11.5 Å². The fourth-order valence-electron chi connectivity index (χ4n) is 4.40. The maximum Gasteiger partial charge on any atom is 0.322 e. The van der Waals surface area contributed by atoms with Crippen molar-refractivity contribution in [1.82, 2.24) is 4.90 Å². The van der Waals surface area contributed by atoms with Crippen molar-refractivity contribution in [3.05, 3.63) is 75.0 Å². The maximum absolute atomic E-state index is 13.4. The molecular weight excluding hydrogens is 408 g/mol. The van der Waals surface area contributed by atoms with Crippen LogP contribution in [-0.4, -0.2) is 31.7 Å². The van der Waals surface area contributed by atoms with Crippen LogP contribution >= 0.6 is 11.3 Å². The predicted octanol–water partition coefficient (Wildman–Crippen LogP) is 5.82. The molecule has 2 heterocycles. The topological polar surface area (TPSA) is 50.8 Å². The molecule has 0 radical (unpaired) electrons. The van der Waals surface area contributed by atoms with E-state index in [4.69, 9.17) is 9.47 Å². The van der Waals surface area contributed by atoms with E-state index in [1.807, 2.05) is 40.5 Å². The summed E-state index contributed by atoms with van der Waals surface area (Å²) in [5.41, 5.74) is 4.68. The van der Waals surface area contributed by atoms with Crippen LogP contribution in [0.3, 0.4) is 0 Å². The summed E-state index contributed by atoms with van der Waals surface area (Å²) in [5, 5.41) is 3.06. The van der Waals surface area contributed by atoms with Crippen molar-refractivity contribution in [2.45, 2.75) is 32.7 Å². The molecule has 1 N–H and O–H groups in total. The summed E-state index contributed by atoms with van der Waals surface area (Å²) in [6, 6.07) is 15.5. The molecule has 0 saturated carbocycles. The van der Waals surface area contributed by atoms with Crippen molar-refractivity contribution in [1.29, 1.82) is 0 Å². The van der Waals surface area contributed by atoms with Gasteiger partial charge >= 0.3 is 6.03 Å². The number of carbonyl (C=O) groups is 1. The SMILES string of the molecule is CCc1c(C)sc2c1CCN(C(=O)Nc1ccc(OC)c(OC)c1)[C@@H]2c1ccccc1. The van der Waals surface area contributed by atoms with Gasteiger partial charge in [-0.25, -0.2) is 4.79 Å². The van der Waals surface area contributed by atoms with E-state index >= 15 is 0 Å². The normalized spacial score (nSPS) is 15.4. The summed E-state index contributed by atoms with van der Waals surface area (Å²) >= 11 is 1.82. The minimum atomic E-state index is -0.115. The van der Waals surface area contributed by atoms with Crippen LogP contribution in [0.2, 0.25) is 0 Å². The molecule has 0 spiro atoms. The van der Waals surface area contributed by atoms with Gasteiger partial charge in [-0.05, 0) is 48.6 Å². The number of nitrogens with zero attached hydrogens (tertiary/aromatic N) is 1. The van der Waals surface area contributed by atoms with E-state index < -0.39 is 0 Å².